The molecule has 0 aliphatic heterocycles. The number of hydrogen-bond acceptors (Lipinski definition) is 2. The van der Waals surface area contributed by atoms with Crippen LogP contribution in [0.25, 0.3) is 0 Å². The molecule has 1 unspecified atom stereocenters. The Bertz CT molecular complexity index is 296. The monoisotopic (exact) mass is 193 g/mol. The molecular formula is C12H19NO. The molecule has 2 nitrogen and oxygen atoms in total. The fraction of sp³-hybridized carbons (Fsp3) is 0.500. The van der Waals surface area contributed by atoms with Crippen LogP contribution in [0.2, 0.25) is 0 Å². The lowest BCUT2D eigenvalue weighted by atomic mass is 9.99. The van der Waals surface area contributed by atoms with Gasteiger partial charge in [-0.25, -0.2) is 0 Å². The first-order valence-electron chi connectivity index (χ1n) is 5.07. The van der Waals surface area contributed by atoms with E-state index >= 15 is 0 Å². The van der Waals surface area contributed by atoms with Gasteiger partial charge in [-0.1, -0.05) is 23.8 Å². The molecule has 0 radical (unpaired) electrons. The zero-order valence-electron chi connectivity index (χ0n) is 8.96. The highest BCUT2D eigenvalue weighted by Gasteiger charge is 2.06. The van der Waals surface area contributed by atoms with Crippen LogP contribution in [-0.4, -0.2) is 17.8 Å². The van der Waals surface area contributed by atoms with Gasteiger partial charge < -0.3 is 10.8 Å². The van der Waals surface area contributed by atoms with Gasteiger partial charge in [-0.05, 0) is 44.4 Å². The Hall–Kier alpha value is -0.860. The second-order valence-corrected chi connectivity index (χ2v) is 3.87. The van der Waals surface area contributed by atoms with E-state index in [1.807, 2.05) is 0 Å². The first kappa shape index (κ1) is 11.2. The van der Waals surface area contributed by atoms with Gasteiger partial charge in [0.25, 0.3) is 0 Å². The van der Waals surface area contributed by atoms with E-state index in [1.165, 1.54) is 16.7 Å². The van der Waals surface area contributed by atoms with Crippen LogP contribution >= 0.6 is 0 Å². The number of aliphatic hydroxyl groups excluding tert-OH is 1. The third kappa shape index (κ3) is 3.13. The topological polar surface area (TPSA) is 46.2 Å². The van der Waals surface area contributed by atoms with Gasteiger partial charge in [-0.15, -0.1) is 0 Å². The molecule has 0 heterocycles. The molecule has 1 rings (SSSR count). The van der Waals surface area contributed by atoms with Gasteiger partial charge in [0.15, 0.2) is 0 Å². The van der Waals surface area contributed by atoms with E-state index in [0.717, 1.165) is 0 Å². The summed E-state index contributed by atoms with van der Waals surface area (Å²) in [5, 5.41) is 9.64. The predicted octanol–water partition coefficient (Wildman–Crippen LogP) is 1.56. The first-order chi connectivity index (χ1) is 6.63. The molecule has 0 bridgehead atoms. The number of hydrogen-bond donors (Lipinski definition) is 2. The Morgan fingerprint density at radius 3 is 2.71 bits per heavy atom. The second-order valence-electron chi connectivity index (χ2n) is 3.87. The van der Waals surface area contributed by atoms with Crippen molar-refractivity contribution in [1.82, 2.24) is 0 Å². The van der Waals surface area contributed by atoms with Crippen LogP contribution in [0.4, 0.5) is 0 Å². The predicted molar refractivity (Wildman–Crippen MR) is 59.3 cm³/mol. The smallest absolute Gasteiger partial charge is 0.0592 e. The molecule has 0 aliphatic carbocycles. The van der Waals surface area contributed by atoms with Crippen LogP contribution in [0.15, 0.2) is 18.2 Å². The van der Waals surface area contributed by atoms with Gasteiger partial charge in [0, 0.05) is 0 Å². The molecule has 1 atom stereocenters. The van der Waals surface area contributed by atoms with Crippen molar-refractivity contribution < 1.29 is 5.11 Å². The van der Waals surface area contributed by atoms with E-state index in [0.29, 0.717) is 19.4 Å². The Kier molecular flexibility index (Phi) is 4.11. The van der Waals surface area contributed by atoms with Gasteiger partial charge in [0.2, 0.25) is 0 Å². The molecule has 78 valence electrons. The number of benzene rings is 1. The number of aryl methyl sites for hydroxylation is 2. The summed E-state index contributed by atoms with van der Waals surface area (Å²) in [5.74, 6) is 0. The van der Waals surface area contributed by atoms with E-state index < -0.39 is 0 Å². The van der Waals surface area contributed by atoms with Crippen LogP contribution in [0.3, 0.4) is 0 Å². The van der Waals surface area contributed by atoms with E-state index in [9.17, 15) is 5.11 Å². The Balaban J connectivity index is 2.70. The highest BCUT2D eigenvalue weighted by molar-refractivity contribution is 5.30. The van der Waals surface area contributed by atoms with Crippen molar-refractivity contribution in [2.75, 3.05) is 6.54 Å². The van der Waals surface area contributed by atoms with Crippen molar-refractivity contribution in [3.8, 4) is 0 Å². The second kappa shape index (κ2) is 5.13. The summed E-state index contributed by atoms with van der Waals surface area (Å²) in [7, 11) is 0. The molecule has 0 fully saturated rings. The highest BCUT2D eigenvalue weighted by atomic mass is 16.3. The lowest BCUT2D eigenvalue weighted by Crippen LogP contribution is -2.16. The van der Waals surface area contributed by atoms with Crippen molar-refractivity contribution in [3.63, 3.8) is 0 Å². The van der Waals surface area contributed by atoms with Gasteiger partial charge in [-0.2, -0.15) is 0 Å². The molecule has 1 aromatic carbocycles. The standard InChI is InChI=1S/C12H19NO/c1-9-3-4-10(2)11(7-9)8-12(14)5-6-13/h3-4,7,12,14H,5-6,8,13H2,1-2H3. The normalized spacial score (nSPS) is 12.9. The lowest BCUT2D eigenvalue weighted by Gasteiger charge is -2.12. The van der Waals surface area contributed by atoms with Gasteiger partial charge in [0.1, 0.15) is 0 Å². The molecule has 3 N–H and O–H groups in total. The largest absolute Gasteiger partial charge is 0.393 e. The van der Waals surface area contributed by atoms with Crippen LogP contribution in [-0.2, 0) is 6.42 Å². The van der Waals surface area contributed by atoms with E-state index in [-0.39, 0.29) is 6.10 Å². The van der Waals surface area contributed by atoms with Crippen molar-refractivity contribution in [2.45, 2.75) is 32.8 Å². The Labute approximate surface area is 85.8 Å². The summed E-state index contributed by atoms with van der Waals surface area (Å²) in [6.07, 6.45) is 1.08. The quantitative estimate of drug-likeness (QED) is 0.762. The fourth-order valence-corrected chi connectivity index (χ4v) is 1.57. The van der Waals surface area contributed by atoms with Crippen LogP contribution < -0.4 is 5.73 Å². The summed E-state index contributed by atoms with van der Waals surface area (Å²) in [6.45, 7) is 4.69. The first-order valence-corrected chi connectivity index (χ1v) is 5.07. The molecule has 0 saturated heterocycles. The molecular weight excluding hydrogens is 174 g/mol. The summed E-state index contributed by atoms with van der Waals surface area (Å²) in [6, 6.07) is 6.32. The van der Waals surface area contributed by atoms with Crippen molar-refractivity contribution in [3.05, 3.63) is 34.9 Å². The van der Waals surface area contributed by atoms with Gasteiger partial charge >= 0.3 is 0 Å². The summed E-state index contributed by atoms with van der Waals surface area (Å²) >= 11 is 0. The number of nitrogens with two attached hydrogens (primary N) is 1. The van der Waals surface area contributed by atoms with E-state index in [1.54, 1.807) is 0 Å². The Morgan fingerprint density at radius 2 is 2.07 bits per heavy atom. The van der Waals surface area contributed by atoms with Gasteiger partial charge in [0.05, 0.1) is 6.10 Å². The maximum absolute atomic E-state index is 9.64. The minimum absolute atomic E-state index is 0.305. The molecule has 0 saturated carbocycles. The summed E-state index contributed by atoms with van der Waals surface area (Å²) < 4.78 is 0. The highest BCUT2D eigenvalue weighted by Crippen LogP contribution is 2.13. The zero-order valence-corrected chi connectivity index (χ0v) is 8.96. The molecule has 2 heteroatoms. The number of rotatable bonds is 4. The SMILES string of the molecule is Cc1ccc(C)c(CC(O)CCN)c1. The third-order valence-electron chi connectivity index (χ3n) is 2.46. The fourth-order valence-electron chi connectivity index (χ4n) is 1.57. The molecule has 0 aliphatic rings. The third-order valence-corrected chi connectivity index (χ3v) is 2.46. The van der Waals surface area contributed by atoms with Crippen molar-refractivity contribution in [1.29, 1.82) is 0 Å². The van der Waals surface area contributed by atoms with E-state index in [2.05, 4.69) is 32.0 Å². The molecule has 0 spiro atoms. The maximum atomic E-state index is 9.64. The minimum Gasteiger partial charge on any atom is -0.393 e. The maximum Gasteiger partial charge on any atom is 0.0592 e. The molecule has 0 amide bonds. The summed E-state index contributed by atoms with van der Waals surface area (Å²) in [4.78, 5) is 0. The average Bonchev–Trinajstić information content (AvgIpc) is 2.12. The van der Waals surface area contributed by atoms with Crippen molar-refractivity contribution in [2.24, 2.45) is 5.73 Å². The Morgan fingerprint density at radius 1 is 1.36 bits per heavy atom. The molecule has 14 heavy (non-hydrogen) atoms. The van der Waals surface area contributed by atoms with Crippen LogP contribution in [0.5, 0.6) is 0 Å². The van der Waals surface area contributed by atoms with Crippen LogP contribution in [0.1, 0.15) is 23.1 Å². The van der Waals surface area contributed by atoms with Crippen molar-refractivity contribution >= 4 is 0 Å². The molecule has 0 aromatic heterocycles. The molecule has 1 aromatic rings. The number of aliphatic hydroxyl groups is 1. The lowest BCUT2D eigenvalue weighted by molar-refractivity contribution is 0.167. The summed E-state index contributed by atoms with van der Waals surface area (Å²) in [5.41, 5.74) is 9.10. The minimum atomic E-state index is -0.305. The zero-order chi connectivity index (χ0) is 10.6. The van der Waals surface area contributed by atoms with Crippen LogP contribution in [0, 0.1) is 13.8 Å². The van der Waals surface area contributed by atoms with E-state index in [4.69, 9.17) is 5.73 Å². The van der Waals surface area contributed by atoms with Gasteiger partial charge in [-0.3, -0.25) is 0 Å². The average molecular weight is 193 g/mol.